The highest BCUT2D eigenvalue weighted by Gasteiger charge is 2.50. The second-order valence-electron chi connectivity index (χ2n) is 11.6. The van der Waals surface area contributed by atoms with Crippen LogP contribution in [0, 0.1) is 12.3 Å². The van der Waals surface area contributed by atoms with Crippen LogP contribution < -0.4 is 14.8 Å². The molecule has 6 heteroatoms. The number of amides is 1. The number of rotatable bonds is 8. The van der Waals surface area contributed by atoms with E-state index < -0.39 is 5.41 Å². The Morgan fingerprint density at radius 3 is 2.34 bits per heavy atom. The zero-order valence-electron chi connectivity index (χ0n) is 22.5. The minimum absolute atomic E-state index is 0.117. The van der Waals surface area contributed by atoms with Gasteiger partial charge in [-0.05, 0) is 77.3 Å². The number of carbonyl (C=O) groups is 2. The maximum atomic E-state index is 13.5. The number of aryl methyl sites for hydroxylation is 1. The minimum atomic E-state index is -0.444. The van der Waals surface area contributed by atoms with E-state index in [2.05, 4.69) is 11.4 Å². The molecule has 1 amide bonds. The largest absolute Gasteiger partial charge is 0.454 e. The number of aliphatic hydroxyl groups is 1. The van der Waals surface area contributed by atoms with Gasteiger partial charge in [-0.15, -0.1) is 0 Å². The van der Waals surface area contributed by atoms with Crippen molar-refractivity contribution in [2.45, 2.75) is 58.4 Å². The Kier molecular flexibility index (Phi) is 6.78. The number of hydrogen-bond acceptors (Lipinski definition) is 5. The van der Waals surface area contributed by atoms with Gasteiger partial charge < -0.3 is 19.9 Å². The molecule has 0 radical (unpaired) electrons. The summed E-state index contributed by atoms with van der Waals surface area (Å²) in [6, 6.07) is 19.1. The number of fused-ring (bicyclic) bond motifs is 1. The van der Waals surface area contributed by atoms with Crippen molar-refractivity contribution in [2.24, 2.45) is 5.41 Å². The highest BCUT2D eigenvalue weighted by Crippen LogP contribution is 2.51. The number of benzene rings is 3. The van der Waals surface area contributed by atoms with E-state index in [0.29, 0.717) is 17.7 Å². The molecule has 1 saturated carbocycles. The lowest BCUT2D eigenvalue weighted by Gasteiger charge is -2.29. The molecule has 0 saturated heterocycles. The van der Waals surface area contributed by atoms with Crippen molar-refractivity contribution in [3.63, 3.8) is 0 Å². The van der Waals surface area contributed by atoms with Crippen LogP contribution >= 0.6 is 0 Å². The summed E-state index contributed by atoms with van der Waals surface area (Å²) in [5.74, 6) is 1.45. The van der Waals surface area contributed by atoms with Gasteiger partial charge in [0.05, 0.1) is 18.1 Å². The summed E-state index contributed by atoms with van der Waals surface area (Å²) in [4.78, 5) is 26.3. The molecule has 1 aliphatic heterocycles. The van der Waals surface area contributed by atoms with Crippen LogP contribution in [0.3, 0.4) is 0 Å². The van der Waals surface area contributed by atoms with Crippen LogP contribution in [0.2, 0.25) is 0 Å². The molecular weight excluding hydrogens is 478 g/mol. The molecule has 0 unspecified atom stereocenters. The van der Waals surface area contributed by atoms with Crippen molar-refractivity contribution in [1.82, 2.24) is 5.32 Å². The number of hydrogen-bond donors (Lipinski definition) is 2. The summed E-state index contributed by atoms with van der Waals surface area (Å²) < 4.78 is 11.0. The average Bonchev–Trinajstić information content (AvgIpc) is 3.58. The summed E-state index contributed by atoms with van der Waals surface area (Å²) in [7, 11) is 0. The van der Waals surface area contributed by atoms with Crippen LogP contribution in [-0.4, -0.2) is 36.2 Å². The van der Waals surface area contributed by atoms with Gasteiger partial charge in [0, 0.05) is 12.0 Å². The average molecular weight is 514 g/mol. The predicted octanol–water partition coefficient (Wildman–Crippen LogP) is 5.37. The van der Waals surface area contributed by atoms with E-state index in [1.807, 2.05) is 70.2 Å². The maximum Gasteiger partial charge on any atom is 0.251 e. The molecule has 1 atom stereocenters. The molecule has 198 valence electrons. The predicted molar refractivity (Wildman–Crippen MR) is 147 cm³/mol. The van der Waals surface area contributed by atoms with Gasteiger partial charge in [0.1, 0.15) is 5.78 Å². The Morgan fingerprint density at radius 1 is 0.974 bits per heavy atom. The Bertz CT molecular complexity index is 1370. The summed E-state index contributed by atoms with van der Waals surface area (Å²) in [6.07, 6.45) is 2.05. The van der Waals surface area contributed by atoms with Crippen molar-refractivity contribution in [1.29, 1.82) is 0 Å². The molecule has 38 heavy (non-hydrogen) atoms. The molecule has 1 aliphatic carbocycles. The Morgan fingerprint density at radius 2 is 1.68 bits per heavy atom. The van der Waals surface area contributed by atoms with Crippen LogP contribution in [0.15, 0.2) is 60.7 Å². The number of aliphatic hydroxyl groups excluding tert-OH is 1. The molecule has 2 aliphatic rings. The van der Waals surface area contributed by atoms with Crippen molar-refractivity contribution >= 4 is 11.7 Å². The SMILES string of the molecule is Cc1ccc(CC(=O)C2(c3ccc4c(c3)OCO4)CC2)cc1-c1ccc(C(=O)N[C@@H](CO)C(C)(C)C)cc1. The van der Waals surface area contributed by atoms with E-state index in [1.165, 1.54) is 0 Å². The number of ketones is 1. The third kappa shape index (κ3) is 5.05. The number of nitrogens with one attached hydrogen (secondary N) is 1. The van der Waals surface area contributed by atoms with Crippen molar-refractivity contribution in [3.8, 4) is 22.6 Å². The first-order valence-corrected chi connectivity index (χ1v) is 13.2. The highest BCUT2D eigenvalue weighted by molar-refractivity contribution is 5.96. The van der Waals surface area contributed by atoms with E-state index in [-0.39, 0.29) is 36.5 Å². The van der Waals surface area contributed by atoms with Gasteiger partial charge in [-0.1, -0.05) is 57.2 Å². The van der Waals surface area contributed by atoms with Crippen molar-refractivity contribution < 1.29 is 24.2 Å². The molecule has 5 rings (SSSR count). The molecule has 3 aromatic carbocycles. The van der Waals surface area contributed by atoms with Crippen molar-refractivity contribution in [3.05, 3.63) is 82.9 Å². The van der Waals surface area contributed by atoms with Crippen LogP contribution in [0.1, 0.15) is 60.7 Å². The molecule has 1 fully saturated rings. The van der Waals surface area contributed by atoms with Gasteiger partial charge >= 0.3 is 0 Å². The molecule has 0 aromatic heterocycles. The third-order valence-corrected chi connectivity index (χ3v) is 7.87. The van der Waals surface area contributed by atoms with Crippen molar-refractivity contribution in [2.75, 3.05) is 13.4 Å². The first-order valence-electron chi connectivity index (χ1n) is 13.2. The molecule has 6 nitrogen and oxygen atoms in total. The second kappa shape index (κ2) is 9.91. The molecular formula is C32H35NO5. The lowest BCUT2D eigenvalue weighted by molar-refractivity contribution is -0.120. The van der Waals surface area contributed by atoms with Gasteiger partial charge in [0.2, 0.25) is 6.79 Å². The summed E-state index contributed by atoms with van der Waals surface area (Å²) in [5.41, 5.74) is 4.95. The topological polar surface area (TPSA) is 84.9 Å². The van der Waals surface area contributed by atoms with E-state index >= 15 is 0 Å². The first-order chi connectivity index (χ1) is 18.1. The van der Waals surface area contributed by atoms with E-state index in [9.17, 15) is 14.7 Å². The smallest absolute Gasteiger partial charge is 0.251 e. The maximum absolute atomic E-state index is 13.5. The lowest BCUT2D eigenvalue weighted by Crippen LogP contribution is -2.46. The van der Waals surface area contributed by atoms with Crippen LogP contribution in [0.4, 0.5) is 0 Å². The Hall–Kier alpha value is -3.64. The van der Waals surface area contributed by atoms with Gasteiger partial charge in [-0.2, -0.15) is 0 Å². The van der Waals surface area contributed by atoms with Gasteiger partial charge in [-0.25, -0.2) is 0 Å². The molecule has 1 heterocycles. The van der Waals surface area contributed by atoms with Gasteiger partial charge in [0.15, 0.2) is 11.5 Å². The quantitative estimate of drug-likeness (QED) is 0.423. The lowest BCUT2D eigenvalue weighted by atomic mass is 9.86. The van der Waals surface area contributed by atoms with Gasteiger partial charge in [0.25, 0.3) is 5.91 Å². The van der Waals surface area contributed by atoms with Crippen LogP contribution in [0.25, 0.3) is 11.1 Å². The number of carbonyl (C=O) groups excluding carboxylic acids is 2. The normalized spacial score (nSPS) is 16.1. The monoisotopic (exact) mass is 513 g/mol. The summed E-state index contributed by atoms with van der Waals surface area (Å²) in [6.45, 7) is 8.10. The van der Waals surface area contributed by atoms with E-state index in [4.69, 9.17) is 9.47 Å². The second-order valence-corrected chi connectivity index (χ2v) is 11.6. The molecule has 2 N–H and O–H groups in total. The van der Waals surface area contributed by atoms with E-state index in [1.54, 1.807) is 12.1 Å². The Labute approximate surface area is 224 Å². The zero-order chi connectivity index (χ0) is 27.1. The first kappa shape index (κ1) is 26.0. The minimum Gasteiger partial charge on any atom is -0.454 e. The van der Waals surface area contributed by atoms with Gasteiger partial charge in [-0.3, -0.25) is 9.59 Å². The molecule has 0 bridgehead atoms. The number of Topliss-reactive ketones (excluding diaryl/α,β-unsaturated/α-hetero) is 1. The van der Waals surface area contributed by atoms with Crippen LogP contribution in [-0.2, 0) is 16.6 Å². The fourth-order valence-corrected chi connectivity index (χ4v) is 5.07. The Balaban J connectivity index is 1.31. The number of ether oxygens (including phenoxy) is 2. The standard InChI is InChI=1S/C32H35NO5/c1-20-5-6-21(16-29(35)32(13-14-32)24-11-12-26-27(17-24)38-19-37-26)15-25(20)22-7-9-23(10-8-22)30(36)33-28(18-34)31(2,3)4/h5-12,15,17,28,34H,13-14,16,18-19H2,1-4H3,(H,33,36)/t28-/m0/s1. The third-order valence-electron chi connectivity index (χ3n) is 7.87. The molecule has 0 spiro atoms. The summed E-state index contributed by atoms with van der Waals surface area (Å²) >= 11 is 0. The fourth-order valence-electron chi connectivity index (χ4n) is 5.07. The molecule has 3 aromatic rings. The van der Waals surface area contributed by atoms with Crippen LogP contribution in [0.5, 0.6) is 11.5 Å². The fraction of sp³-hybridized carbons (Fsp3) is 0.375. The zero-order valence-corrected chi connectivity index (χ0v) is 22.5. The highest BCUT2D eigenvalue weighted by atomic mass is 16.7. The van der Waals surface area contributed by atoms with E-state index in [0.717, 1.165) is 46.4 Å². The summed E-state index contributed by atoms with van der Waals surface area (Å²) in [5, 5.41) is 12.6.